The zero-order valence-electron chi connectivity index (χ0n) is 11.2. The molecule has 3 nitrogen and oxygen atoms in total. The molecular formula is C15H22N2O. The highest BCUT2D eigenvalue weighted by Gasteiger charge is 2.19. The third kappa shape index (κ3) is 3.76. The summed E-state index contributed by atoms with van der Waals surface area (Å²) in [6.07, 6.45) is 5.46. The topological polar surface area (TPSA) is 41.1 Å². The Kier molecular flexibility index (Phi) is 4.24. The van der Waals surface area contributed by atoms with E-state index < -0.39 is 0 Å². The second-order valence-electron chi connectivity index (χ2n) is 5.34. The van der Waals surface area contributed by atoms with Gasteiger partial charge in [0.2, 0.25) is 5.91 Å². The van der Waals surface area contributed by atoms with E-state index in [9.17, 15) is 4.79 Å². The Hall–Kier alpha value is -1.51. The Morgan fingerprint density at radius 1 is 1.28 bits per heavy atom. The molecule has 1 amide bonds. The van der Waals surface area contributed by atoms with E-state index in [0.717, 1.165) is 17.3 Å². The molecule has 0 heterocycles. The van der Waals surface area contributed by atoms with Crippen LogP contribution in [0.3, 0.4) is 0 Å². The molecule has 0 radical (unpaired) electrons. The summed E-state index contributed by atoms with van der Waals surface area (Å²) in [5.41, 5.74) is 1.97. The summed E-state index contributed by atoms with van der Waals surface area (Å²) in [4.78, 5) is 10.9. The van der Waals surface area contributed by atoms with Crippen molar-refractivity contribution in [3.8, 4) is 0 Å². The summed E-state index contributed by atoms with van der Waals surface area (Å²) in [7, 11) is 0. The molecule has 1 atom stereocenters. The second-order valence-corrected chi connectivity index (χ2v) is 5.34. The molecule has 1 aromatic carbocycles. The first-order chi connectivity index (χ1) is 8.63. The molecule has 2 N–H and O–H groups in total. The number of hydrogen-bond donors (Lipinski definition) is 2. The lowest BCUT2D eigenvalue weighted by Gasteiger charge is -2.28. The Labute approximate surface area is 109 Å². The molecule has 1 fully saturated rings. The molecule has 0 aromatic heterocycles. The SMILES string of the molecule is CC(=O)Nc1ccc(NC(C)CC2CCC2)cc1. The number of amides is 1. The molecule has 0 saturated heterocycles. The van der Waals surface area contributed by atoms with E-state index in [4.69, 9.17) is 0 Å². The minimum Gasteiger partial charge on any atom is -0.383 e. The van der Waals surface area contributed by atoms with Crippen LogP contribution in [-0.2, 0) is 4.79 Å². The van der Waals surface area contributed by atoms with Gasteiger partial charge in [-0.15, -0.1) is 0 Å². The van der Waals surface area contributed by atoms with Gasteiger partial charge in [-0.05, 0) is 43.5 Å². The Morgan fingerprint density at radius 2 is 1.89 bits per heavy atom. The summed E-state index contributed by atoms with van der Waals surface area (Å²) in [5.74, 6) is 0.889. The molecule has 1 unspecified atom stereocenters. The first kappa shape index (κ1) is 12.9. The van der Waals surface area contributed by atoms with Crippen molar-refractivity contribution in [3.05, 3.63) is 24.3 Å². The van der Waals surface area contributed by atoms with Gasteiger partial charge in [-0.25, -0.2) is 0 Å². The maximum absolute atomic E-state index is 10.9. The third-order valence-corrected chi connectivity index (χ3v) is 3.53. The van der Waals surface area contributed by atoms with Crippen molar-refractivity contribution in [2.24, 2.45) is 5.92 Å². The minimum atomic E-state index is -0.0333. The lowest BCUT2D eigenvalue weighted by Crippen LogP contribution is -2.23. The molecule has 0 spiro atoms. The normalized spacial score (nSPS) is 16.8. The van der Waals surface area contributed by atoms with Crippen LogP contribution >= 0.6 is 0 Å². The van der Waals surface area contributed by atoms with Gasteiger partial charge in [0.25, 0.3) is 0 Å². The highest BCUT2D eigenvalue weighted by atomic mass is 16.1. The lowest BCUT2D eigenvalue weighted by molar-refractivity contribution is -0.114. The molecule has 98 valence electrons. The van der Waals surface area contributed by atoms with Crippen molar-refractivity contribution in [1.82, 2.24) is 0 Å². The predicted octanol–water partition coefficient (Wildman–Crippen LogP) is 3.64. The summed E-state index contributed by atoms with van der Waals surface area (Å²) in [6, 6.07) is 8.41. The van der Waals surface area contributed by atoms with Crippen molar-refractivity contribution in [2.45, 2.75) is 45.6 Å². The fourth-order valence-corrected chi connectivity index (χ4v) is 2.42. The van der Waals surface area contributed by atoms with Gasteiger partial charge in [-0.2, -0.15) is 0 Å². The first-order valence-electron chi connectivity index (χ1n) is 6.77. The van der Waals surface area contributed by atoms with Gasteiger partial charge in [0.1, 0.15) is 0 Å². The number of carbonyl (C=O) groups excluding carboxylic acids is 1. The average molecular weight is 246 g/mol. The van der Waals surface area contributed by atoms with E-state index >= 15 is 0 Å². The number of benzene rings is 1. The summed E-state index contributed by atoms with van der Waals surface area (Å²) < 4.78 is 0. The standard InChI is InChI=1S/C15H22N2O/c1-11(10-13-4-3-5-13)16-14-6-8-15(9-7-14)17-12(2)18/h6-9,11,13,16H,3-5,10H2,1-2H3,(H,17,18). The highest BCUT2D eigenvalue weighted by molar-refractivity contribution is 5.88. The van der Waals surface area contributed by atoms with Gasteiger partial charge < -0.3 is 10.6 Å². The van der Waals surface area contributed by atoms with E-state index in [1.54, 1.807) is 0 Å². The third-order valence-electron chi connectivity index (χ3n) is 3.53. The molecule has 0 bridgehead atoms. The van der Waals surface area contributed by atoms with Gasteiger partial charge in [0.05, 0.1) is 0 Å². The maximum atomic E-state index is 10.9. The van der Waals surface area contributed by atoms with Crippen LogP contribution in [0.5, 0.6) is 0 Å². The van der Waals surface area contributed by atoms with Crippen molar-refractivity contribution >= 4 is 17.3 Å². The summed E-state index contributed by atoms with van der Waals surface area (Å²) in [5, 5.41) is 6.28. The fraction of sp³-hybridized carbons (Fsp3) is 0.533. The van der Waals surface area contributed by atoms with Gasteiger partial charge in [-0.3, -0.25) is 4.79 Å². The Bertz CT molecular complexity index is 395. The molecule has 1 aliphatic carbocycles. The summed E-state index contributed by atoms with van der Waals surface area (Å²) in [6.45, 7) is 3.76. The van der Waals surface area contributed by atoms with Crippen LogP contribution < -0.4 is 10.6 Å². The van der Waals surface area contributed by atoms with Crippen LogP contribution in [0.1, 0.15) is 39.5 Å². The first-order valence-corrected chi connectivity index (χ1v) is 6.77. The molecule has 18 heavy (non-hydrogen) atoms. The van der Waals surface area contributed by atoms with Crippen molar-refractivity contribution in [3.63, 3.8) is 0 Å². The van der Waals surface area contributed by atoms with Crippen LogP contribution in [0.4, 0.5) is 11.4 Å². The molecular weight excluding hydrogens is 224 g/mol. The lowest BCUT2D eigenvalue weighted by atomic mass is 9.81. The zero-order chi connectivity index (χ0) is 13.0. The van der Waals surface area contributed by atoms with Gasteiger partial charge >= 0.3 is 0 Å². The number of hydrogen-bond acceptors (Lipinski definition) is 2. The van der Waals surface area contributed by atoms with E-state index in [2.05, 4.69) is 17.6 Å². The maximum Gasteiger partial charge on any atom is 0.221 e. The van der Waals surface area contributed by atoms with Crippen LogP contribution in [0.2, 0.25) is 0 Å². The quantitative estimate of drug-likeness (QED) is 0.833. The highest BCUT2D eigenvalue weighted by Crippen LogP contribution is 2.31. The van der Waals surface area contributed by atoms with Crippen molar-refractivity contribution in [2.75, 3.05) is 10.6 Å². The van der Waals surface area contributed by atoms with E-state index in [1.807, 2.05) is 24.3 Å². The second kappa shape index (κ2) is 5.89. The van der Waals surface area contributed by atoms with Gasteiger partial charge in [-0.1, -0.05) is 19.3 Å². The molecule has 3 heteroatoms. The molecule has 0 aliphatic heterocycles. The van der Waals surface area contributed by atoms with Gasteiger partial charge in [0.15, 0.2) is 0 Å². The van der Waals surface area contributed by atoms with E-state index in [0.29, 0.717) is 6.04 Å². The van der Waals surface area contributed by atoms with E-state index in [-0.39, 0.29) is 5.91 Å². The monoisotopic (exact) mass is 246 g/mol. The van der Waals surface area contributed by atoms with Crippen molar-refractivity contribution in [1.29, 1.82) is 0 Å². The average Bonchev–Trinajstić information content (AvgIpc) is 2.26. The molecule has 2 rings (SSSR count). The van der Waals surface area contributed by atoms with Crippen LogP contribution in [-0.4, -0.2) is 11.9 Å². The van der Waals surface area contributed by atoms with Crippen LogP contribution in [0.15, 0.2) is 24.3 Å². The van der Waals surface area contributed by atoms with Crippen molar-refractivity contribution < 1.29 is 4.79 Å². The zero-order valence-corrected chi connectivity index (χ0v) is 11.2. The number of carbonyl (C=O) groups is 1. The summed E-state index contributed by atoms with van der Waals surface area (Å²) >= 11 is 0. The smallest absolute Gasteiger partial charge is 0.221 e. The predicted molar refractivity (Wildman–Crippen MR) is 75.8 cm³/mol. The Morgan fingerprint density at radius 3 is 2.39 bits per heavy atom. The van der Waals surface area contributed by atoms with Crippen LogP contribution in [0, 0.1) is 5.92 Å². The van der Waals surface area contributed by atoms with Crippen LogP contribution in [0.25, 0.3) is 0 Å². The Balaban J connectivity index is 1.83. The molecule has 1 saturated carbocycles. The van der Waals surface area contributed by atoms with Gasteiger partial charge in [0, 0.05) is 24.3 Å². The number of anilines is 2. The number of rotatable bonds is 5. The van der Waals surface area contributed by atoms with E-state index in [1.165, 1.54) is 32.6 Å². The largest absolute Gasteiger partial charge is 0.383 e. The molecule has 1 aliphatic rings. The fourth-order valence-electron chi connectivity index (χ4n) is 2.42. The number of nitrogens with one attached hydrogen (secondary N) is 2. The minimum absolute atomic E-state index is 0.0333. The molecule has 1 aromatic rings.